The smallest absolute Gasteiger partial charge is 0.0431 e. The fourth-order valence-electron chi connectivity index (χ4n) is 3.58. The van der Waals surface area contributed by atoms with Crippen LogP contribution in [0.1, 0.15) is 88.9 Å². The molecule has 2 heterocycles. The lowest BCUT2D eigenvalue weighted by Gasteiger charge is -2.03. The Balaban J connectivity index is 1.91. The first-order valence-electron chi connectivity index (χ1n) is 10.4. The number of aliphatic hydroxyl groups is 1. The van der Waals surface area contributed by atoms with E-state index in [-0.39, 0.29) is 0 Å². The molecule has 3 heteroatoms. The molecule has 0 aliphatic rings. The van der Waals surface area contributed by atoms with Crippen LogP contribution in [0.3, 0.4) is 0 Å². The van der Waals surface area contributed by atoms with Crippen molar-refractivity contribution >= 4 is 22.7 Å². The largest absolute Gasteiger partial charge is 0.396 e. The lowest BCUT2D eigenvalue weighted by Crippen LogP contribution is -1.90. The molecule has 2 rings (SSSR count). The Hall–Kier alpha value is -0.640. The fraction of sp³-hybridized carbons (Fsp3) is 0.652. The van der Waals surface area contributed by atoms with Gasteiger partial charge in [-0.15, -0.1) is 22.7 Å². The third-order valence-corrected chi connectivity index (χ3v) is 7.27. The molecule has 1 nitrogen and oxygen atoms in total. The molecule has 0 fully saturated rings. The molecule has 2 aromatic rings. The Kier molecular flexibility index (Phi) is 9.95. The van der Waals surface area contributed by atoms with Crippen LogP contribution >= 0.6 is 22.7 Å². The highest BCUT2D eigenvalue weighted by molar-refractivity contribution is 7.13. The lowest BCUT2D eigenvalue weighted by molar-refractivity contribution is 0.282. The molecule has 146 valence electrons. The fourth-order valence-corrected chi connectivity index (χ4v) is 5.88. The van der Waals surface area contributed by atoms with Gasteiger partial charge in [0.15, 0.2) is 0 Å². The summed E-state index contributed by atoms with van der Waals surface area (Å²) in [6.45, 7) is 7.15. The van der Waals surface area contributed by atoms with Crippen molar-refractivity contribution < 1.29 is 5.11 Å². The maximum atomic E-state index is 8.88. The van der Waals surface area contributed by atoms with E-state index in [1.54, 1.807) is 16.0 Å². The average molecular weight is 393 g/mol. The topological polar surface area (TPSA) is 20.2 Å². The second-order valence-corrected chi connectivity index (χ2v) is 10.2. The normalized spacial score (nSPS) is 11.4. The van der Waals surface area contributed by atoms with Crippen molar-refractivity contribution in [2.75, 3.05) is 6.61 Å². The summed E-state index contributed by atoms with van der Waals surface area (Å²) >= 11 is 3.99. The molecule has 0 spiro atoms. The van der Waals surface area contributed by atoms with E-state index in [2.05, 4.69) is 32.9 Å². The van der Waals surface area contributed by atoms with Crippen molar-refractivity contribution in [3.05, 3.63) is 42.8 Å². The van der Waals surface area contributed by atoms with Crippen molar-refractivity contribution in [1.29, 1.82) is 0 Å². The summed E-state index contributed by atoms with van der Waals surface area (Å²) in [5, 5.41) is 8.88. The van der Waals surface area contributed by atoms with E-state index >= 15 is 0 Å². The van der Waals surface area contributed by atoms with Gasteiger partial charge in [0.05, 0.1) is 0 Å². The maximum absolute atomic E-state index is 8.88. The Morgan fingerprint density at radius 3 is 2.23 bits per heavy atom. The Bertz CT molecular complexity index is 639. The summed E-state index contributed by atoms with van der Waals surface area (Å²) in [5.41, 5.74) is 3.15. The summed E-state index contributed by atoms with van der Waals surface area (Å²) in [6.07, 6.45) is 13.5. The number of hydrogen-bond acceptors (Lipinski definition) is 3. The van der Waals surface area contributed by atoms with E-state index in [1.165, 1.54) is 66.0 Å². The highest BCUT2D eigenvalue weighted by Crippen LogP contribution is 2.31. The van der Waals surface area contributed by atoms with E-state index in [9.17, 15) is 0 Å². The Morgan fingerprint density at radius 1 is 0.808 bits per heavy atom. The van der Waals surface area contributed by atoms with Gasteiger partial charge in [-0.05, 0) is 69.2 Å². The van der Waals surface area contributed by atoms with E-state index in [1.807, 2.05) is 22.7 Å². The molecule has 2 aromatic heterocycles. The van der Waals surface area contributed by atoms with Crippen molar-refractivity contribution in [2.24, 2.45) is 0 Å². The molecule has 0 atom stereocenters. The number of hydrogen-bond donors (Lipinski definition) is 1. The van der Waals surface area contributed by atoms with Gasteiger partial charge in [0.25, 0.3) is 0 Å². The second-order valence-electron chi connectivity index (χ2n) is 7.47. The van der Waals surface area contributed by atoms with Crippen LogP contribution in [0.25, 0.3) is 0 Å². The predicted molar refractivity (Wildman–Crippen MR) is 118 cm³/mol. The van der Waals surface area contributed by atoms with Gasteiger partial charge < -0.3 is 5.11 Å². The van der Waals surface area contributed by atoms with Gasteiger partial charge in [-0.3, -0.25) is 0 Å². The number of aryl methyl sites for hydroxylation is 4. The van der Waals surface area contributed by atoms with Crippen molar-refractivity contribution in [2.45, 2.75) is 91.4 Å². The van der Waals surface area contributed by atoms with Crippen LogP contribution < -0.4 is 0 Å². The van der Waals surface area contributed by atoms with Gasteiger partial charge >= 0.3 is 0 Å². The highest BCUT2D eigenvalue weighted by Gasteiger charge is 2.11. The molecule has 0 amide bonds. The van der Waals surface area contributed by atoms with E-state index in [0.717, 1.165) is 19.3 Å². The van der Waals surface area contributed by atoms with Crippen LogP contribution in [0.2, 0.25) is 0 Å². The molecule has 0 saturated carbocycles. The predicted octanol–water partition coefficient (Wildman–Crippen LogP) is 7.24. The van der Waals surface area contributed by atoms with Gasteiger partial charge in [-0.2, -0.15) is 0 Å². The molecular formula is C23H36OS2. The van der Waals surface area contributed by atoms with Crippen LogP contribution in [0.4, 0.5) is 0 Å². The van der Waals surface area contributed by atoms with Crippen molar-refractivity contribution in [1.82, 2.24) is 0 Å². The molecule has 0 saturated heterocycles. The van der Waals surface area contributed by atoms with Gasteiger partial charge in [0.2, 0.25) is 0 Å². The number of rotatable bonds is 13. The quantitative estimate of drug-likeness (QED) is 0.356. The zero-order valence-electron chi connectivity index (χ0n) is 16.9. The Labute approximate surface area is 168 Å². The summed E-state index contributed by atoms with van der Waals surface area (Å²) in [7, 11) is 0. The van der Waals surface area contributed by atoms with Gasteiger partial charge in [0, 0.05) is 32.5 Å². The molecule has 0 radical (unpaired) electrons. The van der Waals surface area contributed by atoms with Gasteiger partial charge in [0.1, 0.15) is 0 Å². The van der Waals surface area contributed by atoms with Crippen molar-refractivity contribution in [3.63, 3.8) is 0 Å². The minimum absolute atomic E-state index is 0.336. The van der Waals surface area contributed by atoms with Crippen LogP contribution in [0.15, 0.2) is 12.1 Å². The molecule has 0 aliphatic carbocycles. The molecule has 0 unspecified atom stereocenters. The molecule has 26 heavy (non-hydrogen) atoms. The molecular weight excluding hydrogens is 356 g/mol. The zero-order valence-corrected chi connectivity index (χ0v) is 18.5. The minimum Gasteiger partial charge on any atom is -0.396 e. The zero-order chi connectivity index (χ0) is 18.8. The average Bonchev–Trinajstić information content (AvgIpc) is 3.14. The van der Waals surface area contributed by atoms with Crippen molar-refractivity contribution in [3.8, 4) is 0 Å². The first kappa shape index (κ1) is 21.7. The minimum atomic E-state index is 0.336. The summed E-state index contributed by atoms with van der Waals surface area (Å²) < 4.78 is 0. The first-order valence-corrected chi connectivity index (χ1v) is 12.0. The standard InChI is InChI=1S/C23H36OS2/c1-4-5-6-9-13-21-15-18(2)25-23(21)17-22-16-20(19(3)26-22)12-10-7-8-11-14-24/h15-16,24H,4-14,17H2,1-3H3. The number of thiophene rings is 2. The van der Waals surface area contributed by atoms with Crippen LogP contribution in [-0.2, 0) is 19.3 Å². The number of unbranched alkanes of at least 4 members (excludes halogenated alkanes) is 6. The van der Waals surface area contributed by atoms with Gasteiger partial charge in [-0.25, -0.2) is 0 Å². The first-order chi connectivity index (χ1) is 12.6. The Morgan fingerprint density at radius 2 is 1.50 bits per heavy atom. The third-order valence-electron chi connectivity index (χ3n) is 5.08. The van der Waals surface area contributed by atoms with Crippen LogP contribution in [-0.4, -0.2) is 11.7 Å². The monoisotopic (exact) mass is 392 g/mol. The molecule has 0 aromatic carbocycles. The summed E-state index contributed by atoms with van der Waals surface area (Å²) in [4.78, 5) is 6.09. The van der Waals surface area contributed by atoms with E-state index in [0.29, 0.717) is 6.61 Å². The van der Waals surface area contributed by atoms with Crippen LogP contribution in [0.5, 0.6) is 0 Å². The summed E-state index contributed by atoms with van der Waals surface area (Å²) in [6, 6.07) is 4.89. The van der Waals surface area contributed by atoms with E-state index in [4.69, 9.17) is 5.11 Å². The molecule has 0 bridgehead atoms. The number of aliphatic hydroxyl groups excluding tert-OH is 1. The third kappa shape index (κ3) is 7.17. The maximum Gasteiger partial charge on any atom is 0.0431 e. The highest BCUT2D eigenvalue weighted by atomic mass is 32.1. The lowest BCUT2D eigenvalue weighted by atomic mass is 10.0. The SMILES string of the molecule is CCCCCCc1cc(C)sc1Cc1cc(CCCCCCO)c(C)s1. The summed E-state index contributed by atoms with van der Waals surface area (Å²) in [5.74, 6) is 0. The molecule has 1 N–H and O–H groups in total. The van der Waals surface area contributed by atoms with Gasteiger partial charge in [-0.1, -0.05) is 39.0 Å². The molecule has 0 aliphatic heterocycles. The van der Waals surface area contributed by atoms with Crippen LogP contribution in [0, 0.1) is 13.8 Å². The van der Waals surface area contributed by atoms with E-state index < -0.39 is 0 Å². The second kappa shape index (κ2) is 11.9.